The number of benzene rings is 1. The number of amides is 1. The lowest BCUT2D eigenvalue weighted by Gasteiger charge is -2.36. The van der Waals surface area contributed by atoms with Crippen molar-refractivity contribution in [1.82, 2.24) is 9.97 Å². The highest BCUT2D eigenvalue weighted by Gasteiger charge is 2.34. The van der Waals surface area contributed by atoms with Crippen molar-refractivity contribution < 1.29 is 23.1 Å². The maximum absolute atomic E-state index is 13.1. The van der Waals surface area contributed by atoms with Crippen LogP contribution >= 0.6 is 0 Å². The molecule has 1 amide bonds. The first-order valence-electron chi connectivity index (χ1n) is 11.7. The summed E-state index contributed by atoms with van der Waals surface area (Å²) < 4.78 is 39.4. The third-order valence-corrected chi connectivity index (χ3v) is 6.64. The first kappa shape index (κ1) is 24.1. The van der Waals surface area contributed by atoms with Crippen LogP contribution in [0.1, 0.15) is 55.3 Å². The number of nitrogens with one attached hydrogen (secondary N) is 1. The van der Waals surface area contributed by atoms with Crippen molar-refractivity contribution in [3.8, 4) is 0 Å². The second-order valence-corrected chi connectivity index (χ2v) is 9.25. The topological polar surface area (TPSA) is 81.6 Å². The molecule has 7 nitrogen and oxygen atoms in total. The summed E-state index contributed by atoms with van der Waals surface area (Å²) in [4.78, 5) is 24.5. The average Bonchev–Trinajstić information content (AvgIpc) is 2.79. The zero-order valence-corrected chi connectivity index (χ0v) is 19.4. The van der Waals surface area contributed by atoms with Crippen LogP contribution in [0.5, 0.6) is 0 Å². The summed E-state index contributed by atoms with van der Waals surface area (Å²) in [6.45, 7) is 0. The van der Waals surface area contributed by atoms with Gasteiger partial charge in [0.2, 0.25) is 5.95 Å². The van der Waals surface area contributed by atoms with Gasteiger partial charge in [-0.15, -0.1) is 0 Å². The van der Waals surface area contributed by atoms with Crippen molar-refractivity contribution in [2.24, 2.45) is 0 Å². The van der Waals surface area contributed by atoms with E-state index in [0.29, 0.717) is 31.6 Å². The number of hydrogen-bond acceptors (Lipinski definition) is 5. The minimum absolute atomic E-state index is 0.0485. The number of fused-ring (bicyclic) bond motifs is 1. The van der Waals surface area contributed by atoms with Crippen molar-refractivity contribution in [3.05, 3.63) is 41.1 Å². The van der Waals surface area contributed by atoms with E-state index >= 15 is 0 Å². The number of aromatic nitrogens is 2. The van der Waals surface area contributed by atoms with Gasteiger partial charge >= 0.3 is 12.3 Å². The highest BCUT2D eigenvalue weighted by atomic mass is 19.4. The van der Waals surface area contributed by atoms with Crippen molar-refractivity contribution >= 4 is 23.5 Å². The molecule has 0 aliphatic heterocycles. The van der Waals surface area contributed by atoms with Crippen molar-refractivity contribution in [2.45, 2.75) is 69.6 Å². The summed E-state index contributed by atoms with van der Waals surface area (Å²) in [6, 6.07) is 4.20. The SMILES string of the molecule is CN(C)c1nc(N[C@H]2CC[C@@H](N(C(=O)O)c3cccc(C(F)(F)F)c3)CC2)nc2c1CCCC2. The molecule has 10 heteroatoms. The van der Waals surface area contributed by atoms with Crippen molar-refractivity contribution in [2.75, 3.05) is 29.2 Å². The van der Waals surface area contributed by atoms with Crippen LogP contribution in [0.3, 0.4) is 0 Å². The molecule has 4 rings (SSSR count). The number of aryl methyl sites for hydroxylation is 1. The van der Waals surface area contributed by atoms with E-state index in [2.05, 4.69) is 5.32 Å². The van der Waals surface area contributed by atoms with Gasteiger partial charge in [0.25, 0.3) is 0 Å². The number of halogens is 3. The van der Waals surface area contributed by atoms with E-state index in [-0.39, 0.29) is 17.8 Å². The Morgan fingerprint density at radius 1 is 1.09 bits per heavy atom. The Kier molecular flexibility index (Phi) is 6.86. The summed E-state index contributed by atoms with van der Waals surface area (Å²) in [7, 11) is 3.95. The second-order valence-electron chi connectivity index (χ2n) is 9.25. The van der Waals surface area contributed by atoms with E-state index in [1.165, 1.54) is 17.7 Å². The summed E-state index contributed by atoms with van der Waals surface area (Å²) in [5.41, 5.74) is 1.49. The standard InChI is InChI=1S/C24H30F3N5O2/c1-31(2)21-19-8-3-4-9-20(19)29-22(30-21)28-16-10-12-17(13-11-16)32(23(33)34)18-7-5-6-15(14-18)24(25,26)27/h5-7,14,16-17H,3-4,8-13H2,1-2H3,(H,33,34)(H,28,29,30)/t16-,17+. The molecule has 2 aliphatic carbocycles. The van der Waals surface area contributed by atoms with E-state index in [0.717, 1.165) is 54.2 Å². The molecule has 0 atom stereocenters. The normalized spacial score (nSPS) is 20.4. The fourth-order valence-electron chi connectivity index (χ4n) is 4.98. The molecule has 0 spiro atoms. The molecule has 34 heavy (non-hydrogen) atoms. The molecule has 1 heterocycles. The van der Waals surface area contributed by atoms with Crippen LogP contribution in [0.2, 0.25) is 0 Å². The van der Waals surface area contributed by atoms with Gasteiger partial charge in [0, 0.05) is 37.4 Å². The summed E-state index contributed by atoms with van der Waals surface area (Å²) in [5, 5.41) is 13.2. The Bertz CT molecular complexity index is 1040. The molecule has 0 radical (unpaired) electrons. The van der Waals surface area contributed by atoms with Crippen LogP contribution in [0.15, 0.2) is 24.3 Å². The number of rotatable bonds is 5. The lowest BCUT2D eigenvalue weighted by atomic mass is 9.90. The molecule has 2 aromatic rings. The molecule has 1 fully saturated rings. The van der Waals surface area contributed by atoms with E-state index in [1.807, 2.05) is 19.0 Å². The Hall–Kier alpha value is -3.04. The Morgan fingerprint density at radius 3 is 2.44 bits per heavy atom. The van der Waals surface area contributed by atoms with E-state index < -0.39 is 17.8 Å². The number of carboxylic acid groups (broad SMARTS) is 1. The van der Waals surface area contributed by atoms with Crippen LogP contribution in [-0.4, -0.2) is 47.3 Å². The van der Waals surface area contributed by atoms with Gasteiger partial charge in [-0.3, -0.25) is 4.90 Å². The van der Waals surface area contributed by atoms with Gasteiger partial charge in [0.1, 0.15) is 5.82 Å². The van der Waals surface area contributed by atoms with Gasteiger partial charge in [-0.25, -0.2) is 9.78 Å². The second kappa shape index (κ2) is 9.68. The monoisotopic (exact) mass is 477 g/mol. The third-order valence-electron chi connectivity index (χ3n) is 6.64. The van der Waals surface area contributed by atoms with Gasteiger partial charge in [-0.1, -0.05) is 6.07 Å². The van der Waals surface area contributed by atoms with E-state index in [1.54, 1.807) is 0 Å². The molecule has 1 aromatic carbocycles. The highest BCUT2D eigenvalue weighted by Crippen LogP contribution is 2.35. The van der Waals surface area contributed by atoms with Gasteiger partial charge < -0.3 is 15.3 Å². The molecule has 1 aromatic heterocycles. The molecule has 2 N–H and O–H groups in total. The zero-order valence-electron chi connectivity index (χ0n) is 19.4. The zero-order chi connectivity index (χ0) is 24.5. The maximum atomic E-state index is 13.1. The number of hydrogen-bond donors (Lipinski definition) is 2. The molecule has 2 aliphatic rings. The van der Waals surface area contributed by atoms with E-state index in [9.17, 15) is 23.1 Å². The Labute approximate surface area is 197 Å². The molecule has 1 saturated carbocycles. The first-order valence-corrected chi connectivity index (χ1v) is 11.7. The fraction of sp³-hybridized carbons (Fsp3) is 0.542. The van der Waals surface area contributed by atoms with Gasteiger partial charge in [-0.2, -0.15) is 18.2 Å². The lowest BCUT2D eigenvalue weighted by molar-refractivity contribution is -0.137. The molecular formula is C24H30F3N5O2. The van der Waals surface area contributed by atoms with Gasteiger partial charge in [0.05, 0.1) is 11.3 Å². The largest absolute Gasteiger partial charge is 0.465 e. The third kappa shape index (κ3) is 5.20. The smallest absolute Gasteiger partial charge is 0.416 e. The molecular weight excluding hydrogens is 447 g/mol. The number of alkyl halides is 3. The molecule has 0 saturated heterocycles. The fourth-order valence-corrected chi connectivity index (χ4v) is 4.98. The number of carbonyl (C=O) groups is 1. The quantitative estimate of drug-likeness (QED) is 0.604. The highest BCUT2D eigenvalue weighted by molar-refractivity contribution is 5.87. The summed E-state index contributed by atoms with van der Waals surface area (Å²) in [6.07, 6.45) is 0.807. The Balaban J connectivity index is 1.46. The lowest BCUT2D eigenvalue weighted by Crippen LogP contribution is -2.43. The van der Waals surface area contributed by atoms with Crippen LogP contribution < -0.4 is 15.1 Å². The van der Waals surface area contributed by atoms with Crippen LogP contribution in [-0.2, 0) is 19.0 Å². The predicted octanol–water partition coefficient (Wildman–Crippen LogP) is 5.35. The van der Waals surface area contributed by atoms with Gasteiger partial charge in [-0.05, 0) is 69.6 Å². The van der Waals surface area contributed by atoms with Gasteiger partial charge in [0.15, 0.2) is 0 Å². The molecule has 0 unspecified atom stereocenters. The van der Waals surface area contributed by atoms with Crippen molar-refractivity contribution in [1.29, 1.82) is 0 Å². The average molecular weight is 478 g/mol. The van der Waals surface area contributed by atoms with Crippen LogP contribution in [0, 0.1) is 0 Å². The minimum Gasteiger partial charge on any atom is -0.465 e. The first-order chi connectivity index (χ1) is 16.1. The number of anilines is 3. The predicted molar refractivity (Wildman–Crippen MR) is 125 cm³/mol. The minimum atomic E-state index is -4.53. The maximum Gasteiger partial charge on any atom is 0.416 e. The van der Waals surface area contributed by atoms with Crippen LogP contribution in [0.4, 0.5) is 35.4 Å². The van der Waals surface area contributed by atoms with Crippen molar-refractivity contribution in [3.63, 3.8) is 0 Å². The summed E-state index contributed by atoms with van der Waals surface area (Å²) in [5.74, 6) is 1.52. The van der Waals surface area contributed by atoms with E-state index in [4.69, 9.17) is 9.97 Å². The Morgan fingerprint density at radius 2 is 1.79 bits per heavy atom. The molecule has 0 bridgehead atoms. The van der Waals surface area contributed by atoms with Crippen LogP contribution in [0.25, 0.3) is 0 Å². The molecule has 184 valence electrons. The summed E-state index contributed by atoms with van der Waals surface area (Å²) >= 11 is 0. The number of nitrogens with zero attached hydrogens (tertiary/aromatic N) is 4.